The molecular formula is C21H18ClF3N4O2. The summed E-state index contributed by atoms with van der Waals surface area (Å²) < 4.78 is 49.8. The Labute approximate surface area is 181 Å². The average molecular weight is 451 g/mol. The molecule has 0 fully saturated rings. The van der Waals surface area contributed by atoms with Crippen LogP contribution < -0.4 is 20.5 Å². The Balaban J connectivity index is 1.46. The molecule has 2 aromatic carbocycles. The number of alkyl halides is 3. The van der Waals surface area contributed by atoms with Gasteiger partial charge >= 0.3 is 6.18 Å². The Hall–Kier alpha value is -3.04. The first kappa shape index (κ1) is 21.2. The molecule has 1 atom stereocenters. The van der Waals surface area contributed by atoms with Crippen LogP contribution >= 0.6 is 11.6 Å². The Morgan fingerprint density at radius 3 is 2.55 bits per heavy atom. The molecule has 2 heterocycles. The van der Waals surface area contributed by atoms with Crippen molar-refractivity contribution in [2.24, 2.45) is 5.73 Å². The van der Waals surface area contributed by atoms with Gasteiger partial charge in [-0.05, 0) is 29.8 Å². The van der Waals surface area contributed by atoms with Crippen LogP contribution in [0.15, 0.2) is 48.8 Å². The zero-order chi connectivity index (χ0) is 22.0. The minimum Gasteiger partial charge on any atom is -0.486 e. The topological polar surface area (TPSA) is 82.3 Å². The van der Waals surface area contributed by atoms with Crippen molar-refractivity contribution in [3.63, 3.8) is 0 Å². The molecule has 0 saturated carbocycles. The molecule has 0 radical (unpaired) electrons. The van der Waals surface area contributed by atoms with Gasteiger partial charge < -0.3 is 20.5 Å². The van der Waals surface area contributed by atoms with E-state index < -0.39 is 16.8 Å². The highest BCUT2D eigenvalue weighted by Crippen LogP contribution is 2.36. The maximum atomic E-state index is 12.9. The number of anilines is 1. The largest absolute Gasteiger partial charge is 0.486 e. The van der Waals surface area contributed by atoms with Crippen molar-refractivity contribution in [1.29, 1.82) is 0 Å². The summed E-state index contributed by atoms with van der Waals surface area (Å²) in [7, 11) is 0. The van der Waals surface area contributed by atoms with Crippen LogP contribution in [0.1, 0.15) is 17.2 Å². The van der Waals surface area contributed by atoms with E-state index in [4.69, 9.17) is 26.8 Å². The van der Waals surface area contributed by atoms with E-state index in [1.807, 2.05) is 18.2 Å². The number of nitrogens with zero attached hydrogens (tertiary/aromatic N) is 2. The monoisotopic (exact) mass is 450 g/mol. The van der Waals surface area contributed by atoms with Crippen LogP contribution in [0.3, 0.4) is 0 Å². The third-order valence-electron chi connectivity index (χ3n) is 4.73. The van der Waals surface area contributed by atoms with Gasteiger partial charge in [-0.2, -0.15) is 13.2 Å². The van der Waals surface area contributed by atoms with Gasteiger partial charge in [-0.1, -0.05) is 23.7 Å². The zero-order valence-corrected chi connectivity index (χ0v) is 16.9. The number of halogens is 4. The van der Waals surface area contributed by atoms with E-state index in [-0.39, 0.29) is 6.04 Å². The number of ether oxygens (including phenoxy) is 2. The summed E-state index contributed by atoms with van der Waals surface area (Å²) >= 11 is 5.81. The molecule has 1 aliphatic rings. The Bertz CT molecular complexity index is 1090. The standard InChI is InChI=1S/C21H18ClF3N4O2/c22-15-7-13(1-3-14(15)21(23,24)25)17-9-20(29-11-28-17)27-10-16(26)12-2-4-18-19(8-12)31-6-5-30-18/h1-4,7-9,11,16H,5-6,10,26H2,(H,27,28,29). The minimum atomic E-state index is -4.52. The second-order valence-corrected chi connectivity index (χ2v) is 7.28. The molecule has 4 rings (SSSR count). The minimum absolute atomic E-state index is 0.352. The van der Waals surface area contributed by atoms with Gasteiger partial charge in [-0.25, -0.2) is 9.97 Å². The van der Waals surface area contributed by atoms with Gasteiger partial charge in [0.2, 0.25) is 0 Å². The summed E-state index contributed by atoms with van der Waals surface area (Å²) in [6, 6.07) is 10.3. The Morgan fingerprint density at radius 1 is 1.03 bits per heavy atom. The van der Waals surface area contributed by atoms with Crippen molar-refractivity contribution >= 4 is 17.4 Å². The molecule has 3 N–H and O–H groups in total. The summed E-state index contributed by atoms with van der Waals surface area (Å²) in [5.41, 5.74) is 7.12. The highest BCUT2D eigenvalue weighted by Gasteiger charge is 2.33. The van der Waals surface area contributed by atoms with Crippen LogP contribution in [0.4, 0.5) is 19.0 Å². The predicted molar refractivity (Wildman–Crippen MR) is 110 cm³/mol. The first-order valence-electron chi connectivity index (χ1n) is 9.39. The number of nitrogens with one attached hydrogen (secondary N) is 1. The van der Waals surface area contributed by atoms with Crippen molar-refractivity contribution in [2.45, 2.75) is 12.2 Å². The predicted octanol–water partition coefficient (Wildman–Crippen LogP) is 4.70. The molecule has 10 heteroatoms. The zero-order valence-electron chi connectivity index (χ0n) is 16.1. The van der Waals surface area contributed by atoms with Crippen molar-refractivity contribution < 1.29 is 22.6 Å². The Morgan fingerprint density at radius 2 is 1.81 bits per heavy atom. The SMILES string of the molecule is NC(CNc1cc(-c2ccc(C(F)(F)F)c(Cl)c2)ncn1)c1ccc2c(c1)OCCO2. The van der Waals surface area contributed by atoms with Crippen LogP contribution in [-0.4, -0.2) is 29.7 Å². The van der Waals surface area contributed by atoms with Crippen molar-refractivity contribution in [1.82, 2.24) is 9.97 Å². The van der Waals surface area contributed by atoms with Crippen molar-refractivity contribution in [3.05, 3.63) is 64.9 Å². The maximum Gasteiger partial charge on any atom is 0.417 e. The van der Waals surface area contributed by atoms with E-state index in [1.54, 1.807) is 6.07 Å². The fourth-order valence-electron chi connectivity index (χ4n) is 3.14. The highest BCUT2D eigenvalue weighted by atomic mass is 35.5. The second kappa shape index (κ2) is 8.60. The number of rotatable bonds is 5. The fraction of sp³-hybridized carbons (Fsp3) is 0.238. The van der Waals surface area contributed by atoms with E-state index in [9.17, 15) is 13.2 Å². The van der Waals surface area contributed by atoms with E-state index in [0.29, 0.717) is 48.3 Å². The van der Waals surface area contributed by atoms with Crippen LogP contribution in [0.5, 0.6) is 11.5 Å². The number of hydrogen-bond donors (Lipinski definition) is 2. The van der Waals surface area contributed by atoms with Crippen LogP contribution in [0, 0.1) is 0 Å². The molecule has 0 aliphatic carbocycles. The van der Waals surface area contributed by atoms with Gasteiger partial charge in [0.25, 0.3) is 0 Å². The molecule has 3 aromatic rings. The van der Waals surface area contributed by atoms with E-state index in [1.165, 1.54) is 18.5 Å². The first-order chi connectivity index (χ1) is 14.8. The molecular weight excluding hydrogens is 433 g/mol. The number of aromatic nitrogens is 2. The molecule has 1 aromatic heterocycles. The van der Waals surface area contributed by atoms with Crippen molar-refractivity contribution in [2.75, 3.05) is 25.1 Å². The lowest BCUT2D eigenvalue weighted by Crippen LogP contribution is -2.22. The summed E-state index contributed by atoms with van der Waals surface area (Å²) in [5.74, 6) is 1.82. The molecule has 0 saturated heterocycles. The molecule has 162 valence electrons. The number of hydrogen-bond acceptors (Lipinski definition) is 6. The summed E-state index contributed by atoms with van der Waals surface area (Å²) in [6.07, 6.45) is -3.20. The molecule has 6 nitrogen and oxygen atoms in total. The van der Waals surface area contributed by atoms with Gasteiger partial charge in [-0.15, -0.1) is 0 Å². The van der Waals surface area contributed by atoms with Gasteiger partial charge in [0.15, 0.2) is 11.5 Å². The second-order valence-electron chi connectivity index (χ2n) is 6.87. The fourth-order valence-corrected chi connectivity index (χ4v) is 3.43. The molecule has 1 unspecified atom stereocenters. The molecule has 0 spiro atoms. The summed E-state index contributed by atoms with van der Waals surface area (Å²) in [5, 5.41) is 2.73. The lowest BCUT2D eigenvalue weighted by molar-refractivity contribution is -0.137. The Kier molecular flexibility index (Phi) is 5.88. The molecule has 31 heavy (non-hydrogen) atoms. The van der Waals surface area contributed by atoms with E-state index in [2.05, 4.69) is 15.3 Å². The number of benzene rings is 2. The van der Waals surface area contributed by atoms with Crippen molar-refractivity contribution in [3.8, 4) is 22.8 Å². The normalized spacial score (nSPS) is 14.2. The molecule has 1 aliphatic heterocycles. The van der Waals surface area contributed by atoms with Gasteiger partial charge in [0.1, 0.15) is 25.4 Å². The summed E-state index contributed by atoms with van der Waals surface area (Å²) in [6.45, 7) is 1.37. The number of nitrogens with two attached hydrogens (primary N) is 1. The third-order valence-corrected chi connectivity index (χ3v) is 5.05. The molecule has 0 bridgehead atoms. The van der Waals surface area contributed by atoms with Crippen LogP contribution in [0.2, 0.25) is 5.02 Å². The van der Waals surface area contributed by atoms with Gasteiger partial charge in [-0.3, -0.25) is 0 Å². The highest BCUT2D eigenvalue weighted by molar-refractivity contribution is 6.31. The number of fused-ring (bicyclic) bond motifs is 1. The van der Waals surface area contributed by atoms with E-state index in [0.717, 1.165) is 11.6 Å². The van der Waals surface area contributed by atoms with Gasteiger partial charge in [0, 0.05) is 24.2 Å². The summed E-state index contributed by atoms with van der Waals surface area (Å²) in [4.78, 5) is 8.27. The van der Waals surface area contributed by atoms with Crippen LogP contribution in [-0.2, 0) is 6.18 Å². The first-order valence-corrected chi connectivity index (χ1v) is 9.77. The maximum absolute atomic E-state index is 12.9. The molecule has 0 amide bonds. The third kappa shape index (κ3) is 4.83. The smallest absolute Gasteiger partial charge is 0.417 e. The van der Waals surface area contributed by atoms with Crippen LogP contribution in [0.25, 0.3) is 11.3 Å². The van der Waals surface area contributed by atoms with E-state index >= 15 is 0 Å². The lowest BCUT2D eigenvalue weighted by Gasteiger charge is -2.21. The lowest BCUT2D eigenvalue weighted by atomic mass is 10.1. The van der Waals surface area contributed by atoms with Gasteiger partial charge in [0.05, 0.1) is 16.3 Å². The quantitative estimate of drug-likeness (QED) is 0.586. The average Bonchev–Trinajstić information content (AvgIpc) is 2.76.